The highest BCUT2D eigenvalue weighted by Crippen LogP contribution is 2.46. The smallest absolute Gasteiger partial charge is 0.288 e. The summed E-state index contributed by atoms with van der Waals surface area (Å²) in [7, 11) is -3.71. The van der Waals surface area contributed by atoms with E-state index >= 15 is 0 Å². The number of benzene rings is 2. The summed E-state index contributed by atoms with van der Waals surface area (Å²) in [6.07, 6.45) is -4.60. The number of rotatable bonds is 3. The minimum absolute atomic E-state index is 0.278. The van der Waals surface area contributed by atoms with Crippen LogP contribution in [-0.4, -0.2) is 11.9 Å². The van der Waals surface area contributed by atoms with Gasteiger partial charge in [0.05, 0.1) is 0 Å². The van der Waals surface area contributed by atoms with Gasteiger partial charge in [-0.2, -0.15) is 13.2 Å². The highest BCUT2D eigenvalue weighted by Gasteiger charge is 2.36. The number of hydrogen-bond acceptors (Lipinski definition) is 1. The van der Waals surface area contributed by atoms with Crippen molar-refractivity contribution in [2.45, 2.75) is 13.1 Å². The maximum absolute atomic E-state index is 13.2. The van der Waals surface area contributed by atoms with E-state index in [2.05, 4.69) is 4.76 Å². The first-order chi connectivity index (χ1) is 9.84. The second-order valence-electron chi connectivity index (χ2n) is 4.43. The standard InChI is InChI=1S/C15H13F3NOP/c1-12(15(16,17)18)19-21(20,13-8-4-2-5-9-13)14-10-6-3-7-11-14/h2-11H,1H3/b19-12+. The van der Waals surface area contributed by atoms with Crippen molar-refractivity contribution in [1.29, 1.82) is 0 Å². The van der Waals surface area contributed by atoms with Gasteiger partial charge in [0, 0.05) is 10.6 Å². The molecule has 0 aliphatic carbocycles. The Kier molecular flexibility index (Phi) is 4.33. The second-order valence-corrected chi connectivity index (χ2v) is 6.82. The van der Waals surface area contributed by atoms with Crippen LogP contribution in [0.2, 0.25) is 0 Å². The van der Waals surface area contributed by atoms with E-state index in [0.29, 0.717) is 0 Å². The molecule has 2 nitrogen and oxygen atoms in total. The molecule has 2 aromatic rings. The summed E-state index contributed by atoms with van der Waals surface area (Å²) in [4.78, 5) is 0. The normalized spacial score (nSPS) is 13.2. The molecule has 0 unspecified atom stereocenters. The van der Waals surface area contributed by atoms with E-state index in [0.717, 1.165) is 6.92 Å². The van der Waals surface area contributed by atoms with Crippen molar-refractivity contribution in [1.82, 2.24) is 0 Å². The SMILES string of the molecule is C/C(=N\P(=O)(c1ccccc1)c1ccccc1)C(F)(F)F. The Bertz CT molecular complexity index is 638. The monoisotopic (exact) mass is 311 g/mol. The average molecular weight is 311 g/mol. The van der Waals surface area contributed by atoms with Crippen LogP contribution in [0, 0.1) is 0 Å². The van der Waals surface area contributed by atoms with Gasteiger partial charge in [-0.05, 0) is 31.2 Å². The molecular formula is C15H13F3NOP. The van der Waals surface area contributed by atoms with E-state index < -0.39 is 19.2 Å². The molecule has 0 bridgehead atoms. The maximum Gasteiger partial charge on any atom is 0.429 e. The van der Waals surface area contributed by atoms with Crippen LogP contribution in [0.3, 0.4) is 0 Å². The number of nitrogens with zero attached hydrogens (tertiary/aromatic N) is 1. The zero-order valence-corrected chi connectivity index (χ0v) is 12.1. The predicted octanol–water partition coefficient (Wildman–Crippen LogP) is 3.94. The molecule has 0 radical (unpaired) electrons. The molecule has 21 heavy (non-hydrogen) atoms. The first-order valence-corrected chi connectivity index (χ1v) is 7.85. The quantitative estimate of drug-likeness (QED) is 0.623. The molecule has 0 heterocycles. The van der Waals surface area contributed by atoms with E-state index in [-0.39, 0.29) is 10.6 Å². The van der Waals surface area contributed by atoms with E-state index in [4.69, 9.17) is 0 Å². The summed E-state index contributed by atoms with van der Waals surface area (Å²) < 4.78 is 55.0. The lowest BCUT2D eigenvalue weighted by molar-refractivity contribution is -0.0590. The van der Waals surface area contributed by atoms with Crippen molar-refractivity contribution < 1.29 is 17.7 Å². The Balaban J connectivity index is 2.65. The lowest BCUT2D eigenvalue weighted by Gasteiger charge is -2.16. The topological polar surface area (TPSA) is 29.4 Å². The van der Waals surface area contributed by atoms with Crippen molar-refractivity contribution in [2.75, 3.05) is 0 Å². The van der Waals surface area contributed by atoms with Crippen molar-refractivity contribution >= 4 is 23.6 Å². The summed E-state index contributed by atoms with van der Waals surface area (Å²) in [5.41, 5.74) is -1.10. The van der Waals surface area contributed by atoms with Gasteiger partial charge in [0.2, 0.25) is 7.29 Å². The van der Waals surface area contributed by atoms with Gasteiger partial charge in [0.15, 0.2) is 0 Å². The van der Waals surface area contributed by atoms with E-state index in [1.54, 1.807) is 36.4 Å². The molecule has 0 saturated carbocycles. The molecule has 110 valence electrons. The van der Waals surface area contributed by atoms with Crippen LogP contribution >= 0.6 is 7.29 Å². The summed E-state index contributed by atoms with van der Waals surface area (Å²) >= 11 is 0. The lowest BCUT2D eigenvalue weighted by Crippen LogP contribution is -2.22. The third kappa shape index (κ3) is 3.42. The number of hydrogen-bond donors (Lipinski definition) is 0. The molecule has 2 aromatic carbocycles. The van der Waals surface area contributed by atoms with Gasteiger partial charge < -0.3 is 0 Å². The molecule has 0 aliphatic rings. The average Bonchev–Trinajstić information content (AvgIpc) is 2.48. The van der Waals surface area contributed by atoms with Gasteiger partial charge >= 0.3 is 6.18 Å². The van der Waals surface area contributed by atoms with Gasteiger partial charge in [0.25, 0.3) is 0 Å². The minimum atomic E-state index is -4.60. The number of alkyl halides is 3. The molecule has 2 rings (SSSR count). The Morgan fingerprint density at radius 2 is 1.29 bits per heavy atom. The van der Waals surface area contributed by atoms with E-state index in [9.17, 15) is 17.7 Å². The van der Waals surface area contributed by atoms with Crippen LogP contribution in [-0.2, 0) is 4.57 Å². The molecule has 0 amide bonds. The zero-order valence-electron chi connectivity index (χ0n) is 11.2. The van der Waals surface area contributed by atoms with Crippen molar-refractivity contribution in [2.24, 2.45) is 4.76 Å². The first kappa shape index (κ1) is 15.5. The fourth-order valence-electron chi connectivity index (χ4n) is 1.79. The van der Waals surface area contributed by atoms with Gasteiger partial charge in [-0.3, -0.25) is 4.57 Å². The van der Waals surface area contributed by atoms with Crippen molar-refractivity contribution in [3.05, 3.63) is 60.7 Å². The molecule has 0 N–H and O–H groups in total. The van der Waals surface area contributed by atoms with Crippen LogP contribution < -0.4 is 10.6 Å². The van der Waals surface area contributed by atoms with Crippen LogP contribution in [0.4, 0.5) is 13.2 Å². The van der Waals surface area contributed by atoms with Gasteiger partial charge in [-0.25, -0.2) is 4.76 Å². The Morgan fingerprint density at radius 1 is 0.905 bits per heavy atom. The van der Waals surface area contributed by atoms with E-state index in [1.165, 1.54) is 24.3 Å². The summed E-state index contributed by atoms with van der Waals surface area (Å²) in [6.45, 7) is 0.832. The first-order valence-electron chi connectivity index (χ1n) is 6.19. The predicted molar refractivity (Wildman–Crippen MR) is 78.9 cm³/mol. The van der Waals surface area contributed by atoms with E-state index in [1.807, 2.05) is 0 Å². The maximum atomic E-state index is 13.2. The fourth-order valence-corrected chi connectivity index (χ4v) is 4.01. The zero-order chi connectivity index (χ0) is 15.5. The third-order valence-corrected chi connectivity index (χ3v) is 5.49. The van der Waals surface area contributed by atoms with Crippen LogP contribution in [0.15, 0.2) is 65.4 Å². The molecule has 6 heteroatoms. The van der Waals surface area contributed by atoms with Gasteiger partial charge in [0.1, 0.15) is 5.71 Å². The van der Waals surface area contributed by atoms with Gasteiger partial charge in [-0.1, -0.05) is 36.4 Å². The number of halogens is 3. The molecule has 0 saturated heterocycles. The van der Waals surface area contributed by atoms with Crippen LogP contribution in [0.1, 0.15) is 6.92 Å². The fraction of sp³-hybridized carbons (Fsp3) is 0.133. The highest BCUT2D eigenvalue weighted by molar-refractivity contribution is 7.77. The van der Waals surface area contributed by atoms with Crippen LogP contribution in [0.5, 0.6) is 0 Å². The third-order valence-electron chi connectivity index (χ3n) is 2.91. The Morgan fingerprint density at radius 3 is 1.62 bits per heavy atom. The summed E-state index contributed by atoms with van der Waals surface area (Å²) in [6, 6.07) is 16.0. The Labute approximate surface area is 120 Å². The second kappa shape index (κ2) is 5.86. The lowest BCUT2D eigenvalue weighted by atomic mass is 10.4. The highest BCUT2D eigenvalue weighted by atomic mass is 31.2. The largest absolute Gasteiger partial charge is 0.429 e. The molecule has 0 aliphatic heterocycles. The van der Waals surface area contributed by atoms with Crippen molar-refractivity contribution in [3.63, 3.8) is 0 Å². The molecule has 0 aromatic heterocycles. The molecule has 0 atom stereocenters. The summed E-state index contributed by atoms with van der Waals surface area (Å²) in [5.74, 6) is 0. The van der Waals surface area contributed by atoms with Gasteiger partial charge in [-0.15, -0.1) is 0 Å². The minimum Gasteiger partial charge on any atom is -0.288 e. The molecule has 0 fully saturated rings. The Hall–Kier alpha value is -1.87. The van der Waals surface area contributed by atoms with Crippen LogP contribution in [0.25, 0.3) is 0 Å². The molecular weight excluding hydrogens is 298 g/mol. The van der Waals surface area contributed by atoms with Crippen molar-refractivity contribution in [3.8, 4) is 0 Å². The summed E-state index contributed by atoms with van der Waals surface area (Å²) in [5, 5.41) is 0.555. The molecule has 0 spiro atoms.